The van der Waals surface area contributed by atoms with Crippen molar-refractivity contribution < 1.29 is 9.84 Å². The lowest BCUT2D eigenvalue weighted by atomic mass is 10.1. The van der Waals surface area contributed by atoms with Crippen LogP contribution in [0, 0.1) is 6.92 Å². The van der Waals surface area contributed by atoms with Crippen LogP contribution in [-0.2, 0) is 4.74 Å². The topological polar surface area (TPSA) is 113 Å². The maximum atomic E-state index is 11.6. The van der Waals surface area contributed by atoms with E-state index in [4.69, 9.17) is 10.3 Å². The molecule has 0 aromatic carbocycles. The minimum absolute atomic E-state index is 0.360. The molecule has 1 fully saturated rings. The normalized spacial score (nSPS) is 26.9. The molecule has 0 unspecified atom stereocenters. The summed E-state index contributed by atoms with van der Waals surface area (Å²) < 4.78 is 6.86. The van der Waals surface area contributed by atoms with Crippen molar-refractivity contribution in [1.82, 2.24) is 9.55 Å². The van der Waals surface area contributed by atoms with Crippen molar-refractivity contribution in [2.45, 2.75) is 31.7 Å². The van der Waals surface area contributed by atoms with Gasteiger partial charge in [0.25, 0.3) is 0 Å². The molecule has 0 amide bonds. The molecule has 1 aliphatic heterocycles. The Morgan fingerprint density at radius 1 is 1.83 bits per heavy atom. The van der Waals surface area contributed by atoms with E-state index in [2.05, 4.69) is 15.0 Å². The van der Waals surface area contributed by atoms with E-state index in [0.717, 1.165) is 5.56 Å². The summed E-state index contributed by atoms with van der Waals surface area (Å²) in [6, 6.07) is 0. The molecule has 0 bridgehead atoms. The van der Waals surface area contributed by atoms with E-state index < -0.39 is 24.2 Å². The summed E-state index contributed by atoms with van der Waals surface area (Å²) in [5, 5.41) is 12.7. The molecule has 0 spiro atoms. The van der Waals surface area contributed by atoms with E-state index in [1.54, 1.807) is 6.20 Å². The summed E-state index contributed by atoms with van der Waals surface area (Å²) in [6.45, 7) is 1.40. The van der Waals surface area contributed by atoms with Gasteiger partial charge in [-0.1, -0.05) is 5.11 Å². The summed E-state index contributed by atoms with van der Waals surface area (Å²) >= 11 is 0. The first kappa shape index (κ1) is 12.6. The second kappa shape index (κ2) is 4.77. The van der Waals surface area contributed by atoms with Crippen LogP contribution in [0.1, 0.15) is 24.6 Å². The molecule has 0 aliphatic carbocycles. The van der Waals surface area contributed by atoms with Crippen molar-refractivity contribution in [3.63, 3.8) is 0 Å². The average Bonchev–Trinajstić information content (AvgIpc) is 2.78. The zero-order valence-electron chi connectivity index (χ0n) is 9.85. The number of rotatable bonds is 3. The van der Waals surface area contributed by atoms with Crippen LogP contribution in [0.15, 0.2) is 22.3 Å². The third-order valence-electron chi connectivity index (χ3n) is 2.86. The SMILES string of the molecule is Cc1cnc(=O)n([C@H]2CC[C@](CO)(N=[N+]=[N-])O2)c1. The van der Waals surface area contributed by atoms with E-state index in [0.29, 0.717) is 12.8 Å². The van der Waals surface area contributed by atoms with Crippen LogP contribution in [-0.4, -0.2) is 27.0 Å². The first-order valence-electron chi connectivity index (χ1n) is 5.50. The van der Waals surface area contributed by atoms with Gasteiger partial charge < -0.3 is 9.84 Å². The predicted molar refractivity (Wildman–Crippen MR) is 61.6 cm³/mol. The van der Waals surface area contributed by atoms with Gasteiger partial charge in [0.1, 0.15) is 6.23 Å². The molecule has 8 heteroatoms. The van der Waals surface area contributed by atoms with Gasteiger partial charge in [-0.3, -0.25) is 4.57 Å². The van der Waals surface area contributed by atoms with Crippen molar-refractivity contribution in [1.29, 1.82) is 0 Å². The quantitative estimate of drug-likeness (QED) is 0.487. The number of aryl methyl sites for hydroxylation is 1. The lowest BCUT2D eigenvalue weighted by Gasteiger charge is -2.21. The molecule has 18 heavy (non-hydrogen) atoms. The van der Waals surface area contributed by atoms with Crippen LogP contribution < -0.4 is 5.69 Å². The number of aromatic nitrogens is 2. The third kappa shape index (κ3) is 2.21. The molecule has 0 radical (unpaired) electrons. The summed E-state index contributed by atoms with van der Waals surface area (Å²) in [5.41, 5.74) is 7.58. The van der Waals surface area contributed by atoms with E-state index in [9.17, 15) is 9.90 Å². The lowest BCUT2D eigenvalue weighted by molar-refractivity contribution is -0.0951. The second-order valence-corrected chi connectivity index (χ2v) is 4.23. The molecule has 1 N–H and O–H groups in total. The Balaban J connectivity index is 2.30. The van der Waals surface area contributed by atoms with E-state index in [1.165, 1.54) is 10.8 Å². The Kier molecular flexibility index (Phi) is 3.33. The Labute approximate surface area is 102 Å². The maximum Gasteiger partial charge on any atom is 0.349 e. The van der Waals surface area contributed by atoms with Crippen LogP contribution in [0.4, 0.5) is 0 Å². The third-order valence-corrected chi connectivity index (χ3v) is 2.86. The van der Waals surface area contributed by atoms with E-state index in [1.807, 2.05) is 6.92 Å². The molecule has 1 saturated heterocycles. The largest absolute Gasteiger partial charge is 0.393 e. The summed E-state index contributed by atoms with van der Waals surface area (Å²) in [7, 11) is 0. The molecule has 2 atom stereocenters. The Morgan fingerprint density at radius 3 is 3.28 bits per heavy atom. The molecule has 8 nitrogen and oxygen atoms in total. The van der Waals surface area contributed by atoms with Gasteiger partial charge in [-0.2, -0.15) is 0 Å². The summed E-state index contributed by atoms with van der Waals surface area (Å²) in [4.78, 5) is 18.0. The maximum absolute atomic E-state index is 11.6. The fourth-order valence-corrected chi connectivity index (χ4v) is 1.96. The van der Waals surface area contributed by atoms with Crippen LogP contribution in [0.25, 0.3) is 10.4 Å². The van der Waals surface area contributed by atoms with Gasteiger partial charge >= 0.3 is 5.69 Å². The molecule has 1 aliphatic rings. The molecule has 96 valence electrons. The van der Waals surface area contributed by atoms with Gasteiger partial charge in [-0.25, -0.2) is 9.78 Å². The van der Waals surface area contributed by atoms with Crippen LogP contribution in [0.3, 0.4) is 0 Å². The molecule has 2 heterocycles. The number of aliphatic hydroxyl groups is 1. The first-order chi connectivity index (χ1) is 8.60. The Hall–Kier alpha value is -1.89. The molecule has 1 aromatic rings. The monoisotopic (exact) mass is 251 g/mol. The van der Waals surface area contributed by atoms with Crippen molar-refractivity contribution in [2.24, 2.45) is 5.11 Å². The summed E-state index contributed by atoms with van der Waals surface area (Å²) in [6.07, 6.45) is 3.37. The van der Waals surface area contributed by atoms with Crippen molar-refractivity contribution >= 4 is 0 Å². The first-order valence-corrected chi connectivity index (χ1v) is 5.50. The highest BCUT2D eigenvalue weighted by Gasteiger charge is 2.40. The molecule has 2 rings (SSSR count). The average molecular weight is 251 g/mol. The fraction of sp³-hybridized carbons (Fsp3) is 0.600. The highest BCUT2D eigenvalue weighted by molar-refractivity contribution is 5.01. The zero-order chi connectivity index (χ0) is 13.2. The van der Waals surface area contributed by atoms with Crippen molar-refractivity contribution in [2.75, 3.05) is 6.61 Å². The number of ether oxygens (including phenoxy) is 1. The summed E-state index contributed by atoms with van der Waals surface area (Å²) in [5.74, 6) is 0. The van der Waals surface area contributed by atoms with Gasteiger partial charge in [0, 0.05) is 17.3 Å². The van der Waals surface area contributed by atoms with Crippen LogP contribution in [0.2, 0.25) is 0 Å². The zero-order valence-corrected chi connectivity index (χ0v) is 9.85. The smallest absolute Gasteiger partial charge is 0.349 e. The number of azide groups is 1. The van der Waals surface area contributed by atoms with Crippen LogP contribution >= 0.6 is 0 Å². The standard InChI is InChI=1S/C10H13N5O3/c1-7-4-12-9(17)15(5-7)8-2-3-10(6-16,18-8)13-14-11/h4-5,8,16H,2-3,6H2,1H3/t8-,10+/m1/s1. The predicted octanol–water partition coefficient (Wildman–Crippen LogP) is 0.860. The number of aliphatic hydroxyl groups excluding tert-OH is 1. The van der Waals surface area contributed by atoms with Crippen molar-refractivity contribution in [3.8, 4) is 0 Å². The molecular weight excluding hydrogens is 238 g/mol. The van der Waals surface area contributed by atoms with Crippen molar-refractivity contribution in [3.05, 3.63) is 38.9 Å². The number of hydrogen-bond acceptors (Lipinski definition) is 5. The Bertz CT molecular complexity index is 551. The fourth-order valence-electron chi connectivity index (χ4n) is 1.96. The van der Waals surface area contributed by atoms with Gasteiger partial charge in [0.05, 0.1) is 6.61 Å². The van der Waals surface area contributed by atoms with Gasteiger partial charge in [0.2, 0.25) is 0 Å². The van der Waals surface area contributed by atoms with Crippen LogP contribution in [0.5, 0.6) is 0 Å². The minimum Gasteiger partial charge on any atom is -0.393 e. The van der Waals surface area contributed by atoms with Gasteiger partial charge in [0.15, 0.2) is 5.72 Å². The van der Waals surface area contributed by atoms with Gasteiger partial charge in [-0.05, 0) is 30.9 Å². The molecule has 1 aromatic heterocycles. The number of hydrogen-bond donors (Lipinski definition) is 1. The molecule has 0 saturated carbocycles. The lowest BCUT2D eigenvalue weighted by Crippen LogP contribution is -2.32. The minimum atomic E-state index is -1.28. The second-order valence-electron chi connectivity index (χ2n) is 4.23. The Morgan fingerprint density at radius 2 is 2.61 bits per heavy atom. The van der Waals surface area contributed by atoms with E-state index >= 15 is 0 Å². The highest BCUT2D eigenvalue weighted by atomic mass is 16.6. The highest BCUT2D eigenvalue weighted by Crippen LogP contribution is 2.36. The van der Waals surface area contributed by atoms with Gasteiger partial charge in [-0.15, -0.1) is 0 Å². The molecular formula is C10H13N5O3. The van der Waals surface area contributed by atoms with E-state index in [-0.39, 0.29) is 0 Å². The number of nitrogens with zero attached hydrogens (tertiary/aromatic N) is 5.